The molecule has 0 aromatic rings. The highest BCUT2D eigenvalue weighted by Gasteiger charge is 2.21. The van der Waals surface area contributed by atoms with Gasteiger partial charge in [-0.2, -0.15) is 0 Å². The van der Waals surface area contributed by atoms with E-state index in [-0.39, 0.29) is 6.42 Å². The van der Waals surface area contributed by atoms with Gasteiger partial charge in [0, 0.05) is 0 Å². The first kappa shape index (κ1) is 11.4. The average Bonchev–Trinajstić information content (AvgIpc) is 2.15. The van der Waals surface area contributed by atoms with Crippen LogP contribution in [0.25, 0.3) is 0 Å². The standard InChI is InChI=1S/C7H11NO5/c1-12-6(10)3-5(8-4-9)7(11)13-2/h4-5H,3H2,1-2H3,(H,8,9)/t5-/m0/s1. The Hall–Kier alpha value is -1.59. The summed E-state index contributed by atoms with van der Waals surface area (Å²) in [5.74, 6) is -1.28. The van der Waals surface area contributed by atoms with E-state index in [1.807, 2.05) is 0 Å². The van der Waals surface area contributed by atoms with E-state index < -0.39 is 18.0 Å². The minimum Gasteiger partial charge on any atom is -0.469 e. The molecule has 0 saturated heterocycles. The summed E-state index contributed by atoms with van der Waals surface area (Å²) >= 11 is 0. The summed E-state index contributed by atoms with van der Waals surface area (Å²) in [6, 6.07) is -0.977. The molecular formula is C7H11NO5. The van der Waals surface area contributed by atoms with E-state index in [1.54, 1.807) is 0 Å². The highest BCUT2D eigenvalue weighted by molar-refractivity contribution is 5.84. The Bertz CT molecular complexity index is 203. The van der Waals surface area contributed by atoms with Gasteiger partial charge in [-0.25, -0.2) is 4.79 Å². The number of rotatable bonds is 5. The molecule has 0 fully saturated rings. The summed E-state index contributed by atoms with van der Waals surface area (Å²) < 4.78 is 8.66. The van der Waals surface area contributed by atoms with Crippen molar-refractivity contribution in [2.24, 2.45) is 0 Å². The van der Waals surface area contributed by atoms with E-state index in [4.69, 9.17) is 0 Å². The molecule has 0 rings (SSSR count). The molecule has 1 atom stereocenters. The van der Waals surface area contributed by atoms with Crippen LogP contribution < -0.4 is 5.32 Å². The third-order valence-corrected chi connectivity index (χ3v) is 1.35. The molecule has 1 amide bonds. The summed E-state index contributed by atoms with van der Waals surface area (Å²) in [6.45, 7) is 0. The topological polar surface area (TPSA) is 81.7 Å². The molecule has 0 bridgehead atoms. The van der Waals surface area contributed by atoms with Gasteiger partial charge in [-0.3, -0.25) is 9.59 Å². The molecule has 0 radical (unpaired) electrons. The third kappa shape index (κ3) is 4.09. The lowest BCUT2D eigenvalue weighted by Crippen LogP contribution is -2.38. The van der Waals surface area contributed by atoms with Crippen LogP contribution in [0.15, 0.2) is 0 Å². The van der Waals surface area contributed by atoms with Gasteiger partial charge in [0.25, 0.3) is 0 Å². The van der Waals surface area contributed by atoms with Crippen molar-refractivity contribution in [3.8, 4) is 0 Å². The van der Waals surface area contributed by atoms with Crippen LogP contribution in [0.5, 0.6) is 0 Å². The van der Waals surface area contributed by atoms with Crippen LogP contribution in [-0.4, -0.2) is 38.6 Å². The van der Waals surface area contributed by atoms with Crippen LogP contribution in [0, 0.1) is 0 Å². The van der Waals surface area contributed by atoms with Crippen molar-refractivity contribution in [2.45, 2.75) is 12.5 Å². The molecule has 0 heterocycles. The fourth-order valence-corrected chi connectivity index (χ4v) is 0.685. The fraction of sp³-hybridized carbons (Fsp3) is 0.571. The number of hydrogen-bond donors (Lipinski definition) is 1. The van der Waals surface area contributed by atoms with Gasteiger partial charge >= 0.3 is 11.9 Å². The zero-order valence-corrected chi connectivity index (χ0v) is 7.40. The van der Waals surface area contributed by atoms with E-state index in [0.717, 1.165) is 0 Å². The highest BCUT2D eigenvalue weighted by atomic mass is 16.5. The molecule has 0 saturated carbocycles. The maximum atomic E-state index is 10.9. The largest absolute Gasteiger partial charge is 0.469 e. The summed E-state index contributed by atoms with van der Waals surface area (Å²) in [6.07, 6.45) is 0.0897. The molecule has 0 aliphatic carbocycles. The molecule has 6 heteroatoms. The second-order valence-electron chi connectivity index (χ2n) is 2.14. The van der Waals surface area contributed by atoms with Gasteiger partial charge in [0.05, 0.1) is 20.6 Å². The van der Waals surface area contributed by atoms with Gasteiger partial charge in [-0.1, -0.05) is 0 Å². The number of ether oxygens (including phenoxy) is 2. The number of nitrogens with one attached hydrogen (secondary N) is 1. The Labute approximate surface area is 75.2 Å². The zero-order valence-electron chi connectivity index (χ0n) is 7.40. The maximum Gasteiger partial charge on any atom is 0.328 e. The van der Waals surface area contributed by atoms with Crippen LogP contribution in [0.4, 0.5) is 0 Å². The first-order valence-electron chi connectivity index (χ1n) is 3.50. The Morgan fingerprint density at radius 1 is 1.38 bits per heavy atom. The molecule has 0 aromatic heterocycles. The van der Waals surface area contributed by atoms with Gasteiger partial charge < -0.3 is 14.8 Å². The molecule has 0 aliphatic rings. The maximum absolute atomic E-state index is 10.9. The predicted octanol–water partition coefficient (Wildman–Crippen LogP) is -1.16. The second kappa shape index (κ2) is 5.99. The monoisotopic (exact) mass is 189 g/mol. The number of hydrogen-bond acceptors (Lipinski definition) is 5. The van der Waals surface area contributed by atoms with E-state index in [0.29, 0.717) is 6.41 Å². The lowest BCUT2D eigenvalue weighted by molar-refractivity contribution is -0.150. The normalized spacial score (nSPS) is 11.2. The smallest absolute Gasteiger partial charge is 0.328 e. The van der Waals surface area contributed by atoms with Crippen LogP contribution in [0.1, 0.15) is 6.42 Å². The quantitative estimate of drug-likeness (QED) is 0.435. The molecule has 0 aliphatic heterocycles. The molecular weight excluding hydrogens is 178 g/mol. The van der Waals surface area contributed by atoms with Crippen LogP contribution >= 0.6 is 0 Å². The van der Waals surface area contributed by atoms with E-state index >= 15 is 0 Å². The van der Waals surface area contributed by atoms with E-state index in [9.17, 15) is 14.4 Å². The van der Waals surface area contributed by atoms with Crippen molar-refractivity contribution >= 4 is 18.3 Å². The second-order valence-corrected chi connectivity index (χ2v) is 2.14. The Balaban J connectivity index is 4.16. The van der Waals surface area contributed by atoms with Crippen molar-refractivity contribution in [1.29, 1.82) is 0 Å². The first-order valence-corrected chi connectivity index (χ1v) is 3.50. The number of methoxy groups -OCH3 is 2. The van der Waals surface area contributed by atoms with Gasteiger partial charge in [-0.15, -0.1) is 0 Å². The van der Waals surface area contributed by atoms with Crippen molar-refractivity contribution in [3.05, 3.63) is 0 Å². The van der Waals surface area contributed by atoms with E-state index in [2.05, 4.69) is 14.8 Å². The highest BCUT2D eigenvalue weighted by Crippen LogP contribution is 1.95. The summed E-state index contributed by atoms with van der Waals surface area (Å²) in [5, 5.41) is 2.14. The zero-order chi connectivity index (χ0) is 10.3. The first-order chi connectivity index (χ1) is 6.15. The number of carbonyl (C=O) groups is 3. The van der Waals surface area contributed by atoms with Gasteiger partial charge in [0.1, 0.15) is 6.04 Å². The molecule has 0 unspecified atom stereocenters. The minimum atomic E-state index is -0.977. The SMILES string of the molecule is COC(=O)C[C@H](NC=O)C(=O)OC. The Kier molecular flexibility index (Phi) is 5.25. The number of amides is 1. The lowest BCUT2D eigenvalue weighted by atomic mass is 10.2. The molecule has 13 heavy (non-hydrogen) atoms. The van der Waals surface area contributed by atoms with Crippen LogP contribution in [-0.2, 0) is 23.9 Å². The molecule has 1 N–H and O–H groups in total. The third-order valence-electron chi connectivity index (χ3n) is 1.35. The summed E-state index contributed by atoms with van der Waals surface area (Å²) in [5.41, 5.74) is 0. The average molecular weight is 189 g/mol. The van der Waals surface area contributed by atoms with Crippen molar-refractivity contribution < 1.29 is 23.9 Å². The van der Waals surface area contributed by atoms with Gasteiger partial charge in [0.15, 0.2) is 0 Å². The van der Waals surface area contributed by atoms with Crippen molar-refractivity contribution in [1.82, 2.24) is 5.32 Å². The van der Waals surface area contributed by atoms with Gasteiger partial charge in [0.2, 0.25) is 6.41 Å². The van der Waals surface area contributed by atoms with E-state index in [1.165, 1.54) is 14.2 Å². The van der Waals surface area contributed by atoms with Crippen LogP contribution in [0.2, 0.25) is 0 Å². The Morgan fingerprint density at radius 2 is 2.00 bits per heavy atom. The van der Waals surface area contributed by atoms with Crippen molar-refractivity contribution in [2.75, 3.05) is 14.2 Å². The number of carbonyl (C=O) groups excluding carboxylic acids is 3. The van der Waals surface area contributed by atoms with Crippen molar-refractivity contribution in [3.63, 3.8) is 0 Å². The summed E-state index contributed by atoms with van der Waals surface area (Å²) in [7, 11) is 2.36. The fourth-order valence-electron chi connectivity index (χ4n) is 0.685. The molecule has 0 spiro atoms. The minimum absolute atomic E-state index is 0.234. The molecule has 0 aromatic carbocycles. The Morgan fingerprint density at radius 3 is 2.38 bits per heavy atom. The number of esters is 2. The molecule has 6 nitrogen and oxygen atoms in total. The molecule has 74 valence electrons. The van der Waals surface area contributed by atoms with Crippen LogP contribution in [0.3, 0.4) is 0 Å². The predicted molar refractivity (Wildman–Crippen MR) is 41.6 cm³/mol. The lowest BCUT2D eigenvalue weighted by Gasteiger charge is -2.11. The summed E-state index contributed by atoms with van der Waals surface area (Å²) in [4.78, 5) is 31.7. The van der Waals surface area contributed by atoms with Gasteiger partial charge in [-0.05, 0) is 0 Å².